The highest BCUT2D eigenvalue weighted by molar-refractivity contribution is 6.06. The zero-order valence-corrected chi connectivity index (χ0v) is 24.3. The molecular formula is C32H37N7O3. The molecule has 5 rings (SSSR count). The first-order chi connectivity index (χ1) is 20.4. The molecule has 10 nitrogen and oxygen atoms in total. The molecule has 1 atom stereocenters. The van der Waals surface area contributed by atoms with Crippen molar-refractivity contribution < 1.29 is 14.3 Å². The highest BCUT2D eigenvalue weighted by atomic mass is 16.5. The predicted octanol–water partition coefficient (Wildman–Crippen LogP) is 5.61. The number of aromatic nitrogens is 4. The Hall–Kier alpha value is -4.73. The van der Waals surface area contributed by atoms with Gasteiger partial charge in [0.05, 0.1) is 18.7 Å². The average Bonchev–Trinajstić information content (AvgIpc) is 3.40. The Bertz CT molecular complexity index is 1630. The van der Waals surface area contributed by atoms with E-state index in [1.165, 1.54) is 7.11 Å². The molecule has 4 heterocycles. The van der Waals surface area contributed by atoms with Crippen molar-refractivity contribution >= 4 is 29.0 Å². The molecule has 0 radical (unpaired) electrons. The smallest absolute Gasteiger partial charge is 0.260 e. The van der Waals surface area contributed by atoms with Crippen LogP contribution in [0.3, 0.4) is 0 Å². The molecule has 218 valence electrons. The van der Waals surface area contributed by atoms with E-state index >= 15 is 0 Å². The lowest BCUT2D eigenvalue weighted by Gasteiger charge is -2.34. The number of nitrogen functional groups attached to an aromatic ring is 1. The first kappa shape index (κ1) is 28.8. The summed E-state index contributed by atoms with van der Waals surface area (Å²) in [5, 5.41) is 2.88. The van der Waals surface area contributed by atoms with E-state index in [0.29, 0.717) is 40.7 Å². The number of nitrogens with two attached hydrogens (primary N) is 1. The number of nitrogens with one attached hydrogen (secondary N) is 1. The fraction of sp³-hybridized carbons (Fsp3) is 0.344. The molecule has 0 aliphatic carbocycles. The number of piperidine rings is 1. The fourth-order valence-electron chi connectivity index (χ4n) is 5.50. The number of nitrogens with zero attached hydrogens (tertiary/aromatic N) is 5. The normalized spacial score (nSPS) is 15.3. The van der Waals surface area contributed by atoms with E-state index in [1.807, 2.05) is 46.7 Å². The summed E-state index contributed by atoms with van der Waals surface area (Å²) in [6.07, 6.45) is 14.1. The van der Waals surface area contributed by atoms with Gasteiger partial charge in [0.2, 0.25) is 5.91 Å². The van der Waals surface area contributed by atoms with Gasteiger partial charge in [0.1, 0.15) is 34.4 Å². The Kier molecular flexibility index (Phi) is 8.80. The minimum atomic E-state index is -0.326. The maximum atomic E-state index is 13.2. The van der Waals surface area contributed by atoms with Crippen molar-refractivity contribution in [2.24, 2.45) is 0 Å². The minimum Gasteiger partial charge on any atom is -0.496 e. The van der Waals surface area contributed by atoms with E-state index < -0.39 is 0 Å². The number of carbonyl (C=O) groups excluding carboxylic acids is 2. The third-order valence-electron chi connectivity index (χ3n) is 7.51. The maximum Gasteiger partial charge on any atom is 0.260 e. The minimum absolute atomic E-state index is 0.0198. The van der Waals surface area contributed by atoms with Gasteiger partial charge in [-0.15, -0.1) is 0 Å². The average molecular weight is 568 g/mol. The summed E-state index contributed by atoms with van der Waals surface area (Å²) in [6.45, 7) is 4.78. The number of anilines is 2. The lowest BCUT2D eigenvalue weighted by Crippen LogP contribution is -2.38. The summed E-state index contributed by atoms with van der Waals surface area (Å²) in [6, 6.07) is 8.94. The van der Waals surface area contributed by atoms with Crippen LogP contribution < -0.4 is 15.8 Å². The lowest BCUT2D eigenvalue weighted by atomic mass is 10.0. The van der Waals surface area contributed by atoms with Crippen molar-refractivity contribution in [3.8, 4) is 17.0 Å². The second kappa shape index (κ2) is 12.8. The number of benzene rings is 1. The van der Waals surface area contributed by atoms with Crippen LogP contribution in [0, 0.1) is 0 Å². The molecule has 3 N–H and O–H groups in total. The zero-order valence-electron chi connectivity index (χ0n) is 24.3. The molecular weight excluding hydrogens is 530 g/mol. The van der Waals surface area contributed by atoms with Gasteiger partial charge in [-0.1, -0.05) is 32.4 Å². The molecule has 1 aliphatic rings. The second-order valence-electron chi connectivity index (χ2n) is 10.4. The number of ether oxygens (including phenoxy) is 1. The van der Waals surface area contributed by atoms with Gasteiger partial charge < -0.3 is 20.7 Å². The van der Waals surface area contributed by atoms with Gasteiger partial charge >= 0.3 is 0 Å². The SMILES string of the molecule is CC/C=C/C(=O)N1CCCC[C@H]1c1nc(-c2ccc(C(=O)Nc3cc(CCC)ccn3)c(OC)c2)c2c(N)nccn12. The molecule has 4 aromatic rings. The summed E-state index contributed by atoms with van der Waals surface area (Å²) < 4.78 is 7.59. The van der Waals surface area contributed by atoms with Gasteiger partial charge in [-0.25, -0.2) is 15.0 Å². The quantitative estimate of drug-likeness (QED) is 0.252. The van der Waals surface area contributed by atoms with Gasteiger partial charge in [-0.2, -0.15) is 0 Å². The number of hydrogen-bond donors (Lipinski definition) is 2. The Balaban J connectivity index is 1.52. The number of allylic oxidation sites excluding steroid dienone is 1. The number of amides is 2. The molecule has 3 aromatic heterocycles. The molecule has 0 bridgehead atoms. The standard InChI is InChI=1S/C32H37N7O3/c1-4-6-11-27(40)38-17-8-7-10-24(38)31-37-28(29-30(33)35-16-18-39(29)31)22-12-13-23(25(20-22)42-3)32(41)36-26-19-21(9-5-2)14-15-34-26/h6,11-16,18-20,24H,4-5,7-10,17H2,1-3H3,(H2,33,35)(H,34,36,41)/b11-6+/t24-/m0/s1. The van der Waals surface area contributed by atoms with Crippen molar-refractivity contribution in [3.05, 3.63) is 78.0 Å². The van der Waals surface area contributed by atoms with Crippen molar-refractivity contribution in [3.63, 3.8) is 0 Å². The first-order valence-electron chi connectivity index (χ1n) is 14.5. The molecule has 0 unspecified atom stereocenters. The van der Waals surface area contributed by atoms with E-state index in [2.05, 4.69) is 22.2 Å². The number of carbonyl (C=O) groups is 2. The topological polar surface area (TPSA) is 128 Å². The van der Waals surface area contributed by atoms with E-state index in [4.69, 9.17) is 15.5 Å². The van der Waals surface area contributed by atoms with Gasteiger partial charge in [0.15, 0.2) is 0 Å². The Morgan fingerprint density at radius 3 is 2.79 bits per heavy atom. The van der Waals surface area contributed by atoms with Crippen LogP contribution in [0.4, 0.5) is 11.6 Å². The number of likely N-dealkylation sites (tertiary alicyclic amines) is 1. The Morgan fingerprint density at radius 2 is 2.00 bits per heavy atom. The van der Waals surface area contributed by atoms with Crippen molar-refractivity contribution in [1.82, 2.24) is 24.3 Å². The van der Waals surface area contributed by atoms with E-state index in [-0.39, 0.29) is 17.9 Å². The number of fused-ring (bicyclic) bond motifs is 1. The predicted molar refractivity (Wildman–Crippen MR) is 163 cm³/mol. The molecule has 0 saturated carbocycles. The van der Waals surface area contributed by atoms with Crippen LogP contribution in [0.5, 0.6) is 5.75 Å². The largest absolute Gasteiger partial charge is 0.496 e. The molecule has 1 fully saturated rings. The van der Waals surface area contributed by atoms with Crippen LogP contribution in [-0.4, -0.2) is 49.7 Å². The van der Waals surface area contributed by atoms with E-state index in [9.17, 15) is 9.59 Å². The highest BCUT2D eigenvalue weighted by Crippen LogP contribution is 2.37. The fourth-order valence-corrected chi connectivity index (χ4v) is 5.50. The number of hydrogen-bond acceptors (Lipinski definition) is 7. The maximum absolute atomic E-state index is 13.2. The summed E-state index contributed by atoms with van der Waals surface area (Å²) >= 11 is 0. The molecule has 2 amide bonds. The van der Waals surface area contributed by atoms with Gasteiger partial charge in [-0.05, 0) is 68.0 Å². The number of rotatable bonds is 9. The Labute approximate surface area is 245 Å². The summed E-state index contributed by atoms with van der Waals surface area (Å²) in [4.78, 5) is 41.9. The van der Waals surface area contributed by atoms with Crippen LogP contribution in [0.25, 0.3) is 16.8 Å². The number of imidazole rings is 1. The molecule has 42 heavy (non-hydrogen) atoms. The first-order valence-corrected chi connectivity index (χ1v) is 14.5. The lowest BCUT2D eigenvalue weighted by molar-refractivity contribution is -0.130. The molecule has 10 heteroatoms. The van der Waals surface area contributed by atoms with Crippen molar-refractivity contribution in [2.45, 2.75) is 58.4 Å². The van der Waals surface area contributed by atoms with E-state index in [0.717, 1.165) is 55.5 Å². The van der Waals surface area contributed by atoms with Gasteiger partial charge in [0, 0.05) is 30.7 Å². The number of aryl methyl sites for hydroxylation is 1. The molecule has 1 aromatic carbocycles. The third-order valence-corrected chi connectivity index (χ3v) is 7.51. The molecule has 0 spiro atoms. The summed E-state index contributed by atoms with van der Waals surface area (Å²) in [5.41, 5.74) is 9.85. The zero-order chi connectivity index (χ0) is 29.6. The Morgan fingerprint density at radius 1 is 1.14 bits per heavy atom. The van der Waals surface area contributed by atoms with Crippen LogP contribution in [0.1, 0.15) is 73.7 Å². The van der Waals surface area contributed by atoms with Gasteiger partial charge in [0.25, 0.3) is 5.91 Å². The van der Waals surface area contributed by atoms with Crippen LogP contribution in [0.2, 0.25) is 0 Å². The van der Waals surface area contributed by atoms with Crippen LogP contribution >= 0.6 is 0 Å². The molecule has 1 aliphatic heterocycles. The monoisotopic (exact) mass is 567 g/mol. The second-order valence-corrected chi connectivity index (χ2v) is 10.4. The van der Waals surface area contributed by atoms with Crippen LogP contribution in [-0.2, 0) is 11.2 Å². The van der Waals surface area contributed by atoms with Gasteiger partial charge in [-0.3, -0.25) is 14.0 Å². The summed E-state index contributed by atoms with van der Waals surface area (Å²) in [7, 11) is 1.53. The van der Waals surface area contributed by atoms with Crippen LogP contribution in [0.15, 0.2) is 61.1 Å². The molecule has 1 saturated heterocycles. The van der Waals surface area contributed by atoms with Crippen molar-refractivity contribution in [2.75, 3.05) is 24.7 Å². The third kappa shape index (κ3) is 5.83. The highest BCUT2D eigenvalue weighted by Gasteiger charge is 2.32. The van der Waals surface area contributed by atoms with E-state index in [1.54, 1.807) is 30.6 Å². The summed E-state index contributed by atoms with van der Waals surface area (Å²) in [5.74, 6) is 1.58. The number of pyridine rings is 1. The number of methoxy groups -OCH3 is 1. The van der Waals surface area contributed by atoms with Crippen molar-refractivity contribution in [1.29, 1.82) is 0 Å².